The highest BCUT2D eigenvalue weighted by molar-refractivity contribution is 5.84. The number of hydrogen-bond donors (Lipinski definition) is 0. The summed E-state index contributed by atoms with van der Waals surface area (Å²) in [5.74, 6) is -0.437. The van der Waals surface area contributed by atoms with Crippen molar-refractivity contribution in [1.29, 1.82) is 0 Å². The van der Waals surface area contributed by atoms with E-state index in [1.165, 1.54) is 4.90 Å². The molecule has 0 aromatic rings. The Morgan fingerprint density at radius 3 is 2.10 bits per heavy atom. The molecule has 0 saturated carbocycles. The summed E-state index contributed by atoms with van der Waals surface area (Å²) in [6.07, 6.45) is -0.818. The molecule has 2 rings (SSSR count). The van der Waals surface area contributed by atoms with Gasteiger partial charge in [-0.05, 0) is 41.5 Å². The van der Waals surface area contributed by atoms with Crippen LogP contribution in [0.1, 0.15) is 41.5 Å². The fourth-order valence-electron chi connectivity index (χ4n) is 2.20. The topological polar surface area (TPSA) is 68.4 Å². The van der Waals surface area contributed by atoms with Gasteiger partial charge in [0.2, 0.25) is 0 Å². The Labute approximate surface area is 119 Å². The first-order valence-electron chi connectivity index (χ1n) is 6.86. The predicted octanol–water partition coefficient (Wildman–Crippen LogP) is 1.71. The van der Waals surface area contributed by atoms with Gasteiger partial charge in [-0.2, -0.15) is 0 Å². The van der Waals surface area contributed by atoms with Crippen LogP contribution in [0.25, 0.3) is 0 Å². The van der Waals surface area contributed by atoms with Crippen molar-refractivity contribution in [3.63, 3.8) is 0 Å². The van der Waals surface area contributed by atoms with Gasteiger partial charge in [0, 0.05) is 0 Å². The average Bonchev–Trinajstić information content (AvgIpc) is 2.83. The van der Waals surface area contributed by atoms with Crippen LogP contribution in [0.3, 0.4) is 0 Å². The number of likely N-dealkylation sites (tertiary alicyclic amines) is 1. The fourth-order valence-corrected chi connectivity index (χ4v) is 2.20. The van der Waals surface area contributed by atoms with Gasteiger partial charge >= 0.3 is 12.1 Å². The van der Waals surface area contributed by atoms with Crippen LogP contribution >= 0.6 is 0 Å². The lowest BCUT2D eigenvalue weighted by Crippen LogP contribution is -2.49. The second kappa shape index (κ2) is 4.62. The molecule has 0 N–H and O–H groups in total. The molecule has 0 radical (unpaired) electrons. The Morgan fingerprint density at radius 2 is 1.60 bits per heavy atom. The normalized spacial score (nSPS) is 28.9. The lowest BCUT2D eigenvalue weighted by Gasteiger charge is -2.30. The fraction of sp³-hybridized carbons (Fsp3) is 0.857. The van der Waals surface area contributed by atoms with Gasteiger partial charge in [-0.15, -0.1) is 0 Å². The van der Waals surface area contributed by atoms with E-state index in [0.29, 0.717) is 6.54 Å². The highest BCUT2D eigenvalue weighted by Crippen LogP contribution is 2.38. The van der Waals surface area contributed by atoms with Gasteiger partial charge < -0.3 is 14.2 Å². The number of hydrogen-bond acceptors (Lipinski definition) is 5. The first kappa shape index (κ1) is 15.1. The van der Waals surface area contributed by atoms with Gasteiger partial charge in [0.15, 0.2) is 6.04 Å². The Kier molecular flexibility index (Phi) is 3.48. The van der Waals surface area contributed by atoms with E-state index in [9.17, 15) is 9.59 Å². The molecular formula is C14H23NO5. The van der Waals surface area contributed by atoms with Gasteiger partial charge in [-0.25, -0.2) is 9.59 Å². The van der Waals surface area contributed by atoms with Crippen molar-refractivity contribution >= 4 is 12.1 Å². The minimum Gasteiger partial charge on any atom is -0.458 e. The quantitative estimate of drug-likeness (QED) is 0.542. The molecule has 0 aromatic heterocycles. The maximum atomic E-state index is 12.2. The zero-order chi connectivity index (χ0) is 15.3. The van der Waals surface area contributed by atoms with Gasteiger partial charge in [0.1, 0.15) is 23.4 Å². The third kappa shape index (κ3) is 3.42. The van der Waals surface area contributed by atoms with E-state index < -0.39 is 29.3 Å². The van der Waals surface area contributed by atoms with E-state index in [2.05, 4.69) is 0 Å². The van der Waals surface area contributed by atoms with E-state index in [-0.39, 0.29) is 12.2 Å². The molecule has 0 aliphatic carbocycles. The van der Waals surface area contributed by atoms with Gasteiger partial charge in [0.25, 0.3) is 0 Å². The van der Waals surface area contributed by atoms with Crippen LogP contribution in [-0.2, 0) is 19.0 Å². The lowest BCUT2D eigenvalue weighted by molar-refractivity contribution is -0.161. The van der Waals surface area contributed by atoms with E-state index in [1.807, 2.05) is 0 Å². The molecule has 0 unspecified atom stereocenters. The summed E-state index contributed by atoms with van der Waals surface area (Å²) in [6, 6.07) is -0.700. The number of esters is 1. The maximum absolute atomic E-state index is 12.2. The molecular weight excluding hydrogens is 262 g/mol. The van der Waals surface area contributed by atoms with Crippen LogP contribution in [0.2, 0.25) is 0 Å². The summed E-state index contributed by atoms with van der Waals surface area (Å²) in [5, 5.41) is 0. The van der Waals surface area contributed by atoms with Crippen LogP contribution in [0.5, 0.6) is 0 Å². The smallest absolute Gasteiger partial charge is 0.411 e. The maximum Gasteiger partial charge on any atom is 0.411 e. The minimum atomic E-state index is -0.700. The molecule has 6 heteroatoms. The zero-order valence-corrected chi connectivity index (χ0v) is 12.9. The average molecular weight is 285 g/mol. The number of fused-ring (bicyclic) bond motifs is 1. The van der Waals surface area contributed by atoms with Crippen LogP contribution < -0.4 is 0 Å². The van der Waals surface area contributed by atoms with Crippen molar-refractivity contribution in [2.24, 2.45) is 0 Å². The summed E-state index contributed by atoms with van der Waals surface area (Å²) in [5.41, 5.74) is -1.19. The number of carbonyl (C=O) groups is 2. The molecule has 0 aromatic carbocycles. The molecule has 0 bridgehead atoms. The predicted molar refractivity (Wildman–Crippen MR) is 71.2 cm³/mol. The first-order chi connectivity index (χ1) is 8.98. The molecule has 1 amide bonds. The van der Waals surface area contributed by atoms with Crippen molar-refractivity contribution in [2.45, 2.75) is 71.0 Å². The Bertz CT molecular complexity index is 420. The summed E-state index contributed by atoms with van der Waals surface area (Å²) in [6.45, 7) is 11.1. The third-order valence-electron chi connectivity index (χ3n) is 2.92. The molecule has 2 aliphatic heterocycles. The number of rotatable bonds is 1. The van der Waals surface area contributed by atoms with Crippen molar-refractivity contribution in [2.75, 3.05) is 6.54 Å². The monoisotopic (exact) mass is 285 g/mol. The standard InChI is InChI=1S/C14H23NO5/c1-13(2,3)19-11(16)9-10-8(18-10)7-15(9)12(17)20-14(4,5)6/h8-10H,7H2,1-6H3/t8-,9-,10-/m0/s1. The molecule has 2 heterocycles. The summed E-state index contributed by atoms with van der Waals surface area (Å²) < 4.78 is 16.0. The van der Waals surface area contributed by atoms with Crippen LogP contribution in [0, 0.1) is 0 Å². The second-order valence-corrected chi connectivity index (χ2v) is 7.25. The van der Waals surface area contributed by atoms with Crippen molar-refractivity contribution < 1.29 is 23.8 Å². The third-order valence-corrected chi connectivity index (χ3v) is 2.92. The highest BCUT2D eigenvalue weighted by Gasteiger charge is 2.60. The number of nitrogens with zero attached hydrogens (tertiary/aromatic N) is 1. The first-order valence-corrected chi connectivity index (χ1v) is 6.86. The van der Waals surface area contributed by atoms with Gasteiger partial charge in [0.05, 0.1) is 6.54 Å². The number of carbonyl (C=O) groups excluding carboxylic acids is 2. The SMILES string of the molecule is CC(C)(C)OC(=O)[C@@H]1[C@H]2O[C@H]2CN1C(=O)OC(C)(C)C. The Balaban J connectivity index is 2.06. The van der Waals surface area contributed by atoms with Crippen molar-refractivity contribution in [1.82, 2.24) is 4.90 Å². The van der Waals surface area contributed by atoms with E-state index >= 15 is 0 Å². The second-order valence-electron chi connectivity index (χ2n) is 7.25. The zero-order valence-electron chi connectivity index (χ0n) is 12.9. The molecule has 2 fully saturated rings. The summed E-state index contributed by atoms with van der Waals surface area (Å²) >= 11 is 0. The molecule has 0 spiro atoms. The van der Waals surface area contributed by atoms with Crippen LogP contribution in [0.4, 0.5) is 4.79 Å². The molecule has 114 valence electrons. The summed E-state index contributed by atoms with van der Waals surface area (Å²) in [7, 11) is 0. The number of morpholine rings is 1. The van der Waals surface area contributed by atoms with Crippen LogP contribution in [-0.4, -0.2) is 53.0 Å². The molecule has 3 atom stereocenters. The van der Waals surface area contributed by atoms with E-state index in [4.69, 9.17) is 14.2 Å². The van der Waals surface area contributed by atoms with E-state index in [0.717, 1.165) is 0 Å². The largest absolute Gasteiger partial charge is 0.458 e. The van der Waals surface area contributed by atoms with Crippen molar-refractivity contribution in [3.8, 4) is 0 Å². The lowest BCUT2D eigenvalue weighted by atomic mass is 10.1. The number of epoxide rings is 1. The van der Waals surface area contributed by atoms with Gasteiger partial charge in [-0.1, -0.05) is 0 Å². The highest BCUT2D eigenvalue weighted by atomic mass is 16.6. The number of amides is 1. The van der Waals surface area contributed by atoms with Crippen LogP contribution in [0.15, 0.2) is 0 Å². The molecule has 20 heavy (non-hydrogen) atoms. The molecule has 2 aliphatic rings. The number of ether oxygens (including phenoxy) is 3. The Morgan fingerprint density at radius 1 is 1.05 bits per heavy atom. The van der Waals surface area contributed by atoms with E-state index in [1.54, 1.807) is 41.5 Å². The Hall–Kier alpha value is -1.30. The molecule has 2 saturated heterocycles. The van der Waals surface area contributed by atoms with Crippen molar-refractivity contribution in [3.05, 3.63) is 0 Å². The van der Waals surface area contributed by atoms with Gasteiger partial charge in [-0.3, -0.25) is 4.90 Å². The molecule has 6 nitrogen and oxygen atoms in total. The summed E-state index contributed by atoms with van der Waals surface area (Å²) in [4.78, 5) is 25.8. The minimum absolute atomic E-state index is 0.0694.